The third-order valence-corrected chi connectivity index (χ3v) is 4.52. The molecule has 0 aliphatic carbocycles. The summed E-state index contributed by atoms with van der Waals surface area (Å²) in [5.74, 6) is 5.35. The summed E-state index contributed by atoms with van der Waals surface area (Å²) in [6.45, 7) is 2.30. The van der Waals surface area contributed by atoms with Crippen LogP contribution in [-0.4, -0.2) is 29.1 Å². The van der Waals surface area contributed by atoms with E-state index in [1.807, 2.05) is 18.4 Å². The molecule has 4 nitrogen and oxygen atoms in total. The summed E-state index contributed by atoms with van der Waals surface area (Å²) in [5.41, 5.74) is 0.959. The van der Waals surface area contributed by atoms with Crippen molar-refractivity contribution >= 4 is 28.6 Å². The number of hydrogen-bond donors (Lipinski definition) is 2. The molecule has 20 heavy (non-hydrogen) atoms. The molecule has 0 aromatic carbocycles. The van der Waals surface area contributed by atoms with Crippen LogP contribution in [-0.2, 0) is 6.42 Å². The number of aryl methyl sites for hydroxylation is 1. The van der Waals surface area contributed by atoms with E-state index in [-0.39, 0.29) is 12.5 Å². The number of carbonyl (C=O) groups is 1. The Morgan fingerprint density at radius 1 is 1.55 bits per heavy atom. The van der Waals surface area contributed by atoms with Crippen molar-refractivity contribution in [3.63, 3.8) is 0 Å². The standard InChI is InChI=1S/C14H14N2O2S2/c1-10-9-12(20-11(10)3-2-7-17)14(18)16-5-4-13-15-6-8-19-13/h6,8-9,17H,4-5,7H2,1H3,(H,16,18). The van der Waals surface area contributed by atoms with Gasteiger partial charge in [-0.25, -0.2) is 4.98 Å². The Morgan fingerprint density at radius 3 is 3.10 bits per heavy atom. The molecule has 2 heterocycles. The highest BCUT2D eigenvalue weighted by Crippen LogP contribution is 2.20. The van der Waals surface area contributed by atoms with E-state index in [4.69, 9.17) is 5.11 Å². The number of thiophene rings is 1. The van der Waals surface area contributed by atoms with Crippen molar-refractivity contribution in [1.29, 1.82) is 0 Å². The maximum atomic E-state index is 12.0. The lowest BCUT2D eigenvalue weighted by Gasteiger charge is -2.01. The van der Waals surface area contributed by atoms with Crippen LogP contribution >= 0.6 is 22.7 Å². The topological polar surface area (TPSA) is 62.2 Å². The molecule has 2 aromatic heterocycles. The van der Waals surface area contributed by atoms with Gasteiger partial charge >= 0.3 is 0 Å². The zero-order chi connectivity index (χ0) is 14.4. The van der Waals surface area contributed by atoms with Gasteiger partial charge in [0.1, 0.15) is 6.61 Å². The van der Waals surface area contributed by atoms with Gasteiger partial charge in [0.05, 0.1) is 14.8 Å². The van der Waals surface area contributed by atoms with Crippen molar-refractivity contribution in [3.8, 4) is 11.8 Å². The molecule has 0 bridgehead atoms. The van der Waals surface area contributed by atoms with Crippen LogP contribution in [0.15, 0.2) is 17.6 Å². The van der Waals surface area contributed by atoms with Crippen LogP contribution in [0.25, 0.3) is 0 Å². The number of nitrogens with one attached hydrogen (secondary N) is 1. The summed E-state index contributed by atoms with van der Waals surface area (Å²) in [6.07, 6.45) is 2.50. The maximum absolute atomic E-state index is 12.0. The minimum atomic E-state index is -0.174. The molecule has 0 unspecified atom stereocenters. The quantitative estimate of drug-likeness (QED) is 0.847. The molecule has 0 fully saturated rings. The number of aliphatic hydroxyl groups excluding tert-OH is 1. The SMILES string of the molecule is Cc1cc(C(=O)NCCc2nccs2)sc1C#CCO. The first-order chi connectivity index (χ1) is 9.70. The monoisotopic (exact) mass is 306 g/mol. The number of aliphatic hydroxyl groups is 1. The Kier molecular flexibility index (Phi) is 5.30. The number of rotatable bonds is 4. The average Bonchev–Trinajstić information content (AvgIpc) is 3.06. The highest BCUT2D eigenvalue weighted by atomic mass is 32.1. The Morgan fingerprint density at radius 2 is 2.40 bits per heavy atom. The first-order valence-corrected chi connectivity index (χ1v) is 7.77. The van der Waals surface area contributed by atoms with Gasteiger partial charge in [0.2, 0.25) is 0 Å². The van der Waals surface area contributed by atoms with E-state index in [1.54, 1.807) is 17.5 Å². The van der Waals surface area contributed by atoms with Gasteiger partial charge in [0.15, 0.2) is 0 Å². The van der Waals surface area contributed by atoms with Crippen LogP contribution in [0.1, 0.15) is 25.1 Å². The summed E-state index contributed by atoms with van der Waals surface area (Å²) >= 11 is 2.93. The van der Waals surface area contributed by atoms with Crippen molar-refractivity contribution < 1.29 is 9.90 Å². The van der Waals surface area contributed by atoms with E-state index >= 15 is 0 Å². The van der Waals surface area contributed by atoms with E-state index in [9.17, 15) is 4.79 Å². The van der Waals surface area contributed by atoms with Gasteiger partial charge in [0.25, 0.3) is 5.91 Å². The van der Waals surface area contributed by atoms with Gasteiger partial charge in [-0.2, -0.15) is 0 Å². The molecule has 0 aliphatic heterocycles. The second kappa shape index (κ2) is 7.20. The third-order valence-electron chi connectivity index (χ3n) is 2.53. The van der Waals surface area contributed by atoms with Gasteiger partial charge in [-0.15, -0.1) is 22.7 Å². The third kappa shape index (κ3) is 3.90. The molecule has 1 amide bonds. The van der Waals surface area contributed by atoms with E-state index in [2.05, 4.69) is 22.1 Å². The number of nitrogens with zero attached hydrogens (tertiary/aromatic N) is 1. The molecule has 2 aromatic rings. The molecule has 0 saturated carbocycles. The Labute approximate surface area is 125 Å². The molecule has 2 rings (SSSR count). The molecule has 0 spiro atoms. The van der Waals surface area contributed by atoms with E-state index in [0.29, 0.717) is 11.4 Å². The summed E-state index contributed by atoms with van der Waals surface area (Å²) in [5, 5.41) is 14.5. The molecule has 2 N–H and O–H groups in total. The van der Waals surface area contributed by atoms with Crippen molar-refractivity contribution in [2.45, 2.75) is 13.3 Å². The van der Waals surface area contributed by atoms with Crippen molar-refractivity contribution in [3.05, 3.63) is 38.0 Å². The molecular formula is C14H14N2O2S2. The van der Waals surface area contributed by atoms with Crippen LogP contribution in [0, 0.1) is 18.8 Å². The minimum Gasteiger partial charge on any atom is -0.384 e. The van der Waals surface area contributed by atoms with Crippen LogP contribution in [0.5, 0.6) is 0 Å². The van der Waals surface area contributed by atoms with Gasteiger partial charge < -0.3 is 10.4 Å². The largest absolute Gasteiger partial charge is 0.384 e. The molecule has 0 atom stereocenters. The zero-order valence-electron chi connectivity index (χ0n) is 11.0. The molecule has 0 radical (unpaired) electrons. The van der Waals surface area contributed by atoms with Gasteiger partial charge in [0, 0.05) is 24.5 Å². The van der Waals surface area contributed by atoms with Crippen molar-refractivity contribution in [1.82, 2.24) is 10.3 Å². The van der Waals surface area contributed by atoms with Crippen molar-refractivity contribution in [2.24, 2.45) is 0 Å². The predicted molar refractivity (Wildman–Crippen MR) is 81.2 cm³/mol. The van der Waals surface area contributed by atoms with Gasteiger partial charge in [-0.3, -0.25) is 4.79 Å². The van der Waals surface area contributed by atoms with Gasteiger partial charge in [-0.05, 0) is 18.6 Å². The number of amides is 1. The second-order valence-electron chi connectivity index (χ2n) is 4.01. The number of carbonyl (C=O) groups excluding carboxylic acids is 1. The lowest BCUT2D eigenvalue weighted by atomic mass is 10.2. The Bertz CT molecular complexity index is 636. The lowest BCUT2D eigenvalue weighted by molar-refractivity contribution is 0.0958. The summed E-state index contributed by atoms with van der Waals surface area (Å²) in [7, 11) is 0. The minimum absolute atomic E-state index is 0.0910. The van der Waals surface area contributed by atoms with E-state index < -0.39 is 0 Å². The summed E-state index contributed by atoms with van der Waals surface area (Å²) < 4.78 is 0. The Hall–Kier alpha value is -1.68. The Balaban J connectivity index is 1.92. The maximum Gasteiger partial charge on any atom is 0.261 e. The highest BCUT2D eigenvalue weighted by molar-refractivity contribution is 7.14. The predicted octanol–water partition coefficient (Wildman–Crippen LogP) is 1.83. The van der Waals surface area contributed by atoms with Crippen LogP contribution in [0.2, 0.25) is 0 Å². The van der Waals surface area contributed by atoms with E-state index in [1.165, 1.54) is 11.3 Å². The van der Waals surface area contributed by atoms with Crippen molar-refractivity contribution in [2.75, 3.05) is 13.2 Å². The normalized spacial score (nSPS) is 9.90. The summed E-state index contributed by atoms with van der Waals surface area (Å²) in [4.78, 5) is 17.6. The lowest BCUT2D eigenvalue weighted by Crippen LogP contribution is -2.24. The first kappa shape index (κ1) is 14.7. The molecule has 104 valence electrons. The van der Waals surface area contributed by atoms with E-state index in [0.717, 1.165) is 21.9 Å². The molecule has 0 aliphatic rings. The summed E-state index contributed by atoms with van der Waals surface area (Å²) in [6, 6.07) is 1.82. The molecule has 6 heteroatoms. The fraction of sp³-hybridized carbons (Fsp3) is 0.286. The number of aromatic nitrogens is 1. The molecular weight excluding hydrogens is 292 g/mol. The van der Waals surface area contributed by atoms with Crippen LogP contribution < -0.4 is 5.32 Å². The molecule has 0 saturated heterocycles. The first-order valence-electron chi connectivity index (χ1n) is 6.07. The fourth-order valence-electron chi connectivity index (χ4n) is 1.58. The fourth-order valence-corrected chi connectivity index (χ4v) is 3.17. The second-order valence-corrected chi connectivity index (χ2v) is 6.05. The number of hydrogen-bond acceptors (Lipinski definition) is 5. The average molecular weight is 306 g/mol. The zero-order valence-corrected chi connectivity index (χ0v) is 12.6. The smallest absolute Gasteiger partial charge is 0.261 e. The van der Waals surface area contributed by atoms with Gasteiger partial charge in [-0.1, -0.05) is 11.8 Å². The number of thiazole rings is 1. The van der Waals surface area contributed by atoms with Crippen LogP contribution in [0.4, 0.5) is 0 Å². The van der Waals surface area contributed by atoms with Crippen LogP contribution in [0.3, 0.4) is 0 Å². The highest BCUT2D eigenvalue weighted by Gasteiger charge is 2.11.